The van der Waals surface area contributed by atoms with E-state index in [-0.39, 0.29) is 11.5 Å². The number of aryl methyl sites for hydroxylation is 1. The van der Waals surface area contributed by atoms with E-state index in [1.807, 2.05) is 36.6 Å². The molecule has 0 aliphatic carbocycles. The van der Waals surface area contributed by atoms with E-state index in [0.29, 0.717) is 36.3 Å². The third-order valence-electron chi connectivity index (χ3n) is 4.57. The van der Waals surface area contributed by atoms with Crippen LogP contribution >= 0.6 is 23.2 Å². The quantitative estimate of drug-likeness (QED) is 0.570. The second-order valence-corrected chi connectivity index (χ2v) is 7.18. The molecule has 2 aromatic rings. The van der Waals surface area contributed by atoms with E-state index in [0.717, 1.165) is 22.6 Å². The Morgan fingerprint density at radius 2 is 1.93 bits per heavy atom. The van der Waals surface area contributed by atoms with Gasteiger partial charge in [-0.1, -0.05) is 23.2 Å². The van der Waals surface area contributed by atoms with E-state index >= 15 is 0 Å². The first kappa shape index (κ1) is 19.5. The van der Waals surface area contributed by atoms with Crippen molar-refractivity contribution in [1.82, 2.24) is 9.47 Å². The summed E-state index contributed by atoms with van der Waals surface area (Å²) in [5, 5.41) is 10.6. The summed E-state index contributed by atoms with van der Waals surface area (Å²) in [7, 11) is 0. The van der Waals surface area contributed by atoms with Crippen molar-refractivity contribution in [3.05, 3.63) is 56.8 Å². The van der Waals surface area contributed by atoms with Crippen LogP contribution in [0.2, 0.25) is 10.0 Å². The summed E-state index contributed by atoms with van der Waals surface area (Å²) in [6, 6.07) is 9.29. The molecule has 0 unspecified atom stereocenters. The fourth-order valence-corrected chi connectivity index (χ4v) is 3.69. The van der Waals surface area contributed by atoms with Crippen LogP contribution in [0.15, 0.2) is 29.8 Å². The molecule has 1 saturated heterocycles. The molecule has 1 fully saturated rings. The molecule has 0 spiro atoms. The Morgan fingerprint density at radius 3 is 2.56 bits per heavy atom. The van der Waals surface area contributed by atoms with Gasteiger partial charge in [-0.2, -0.15) is 5.26 Å². The van der Waals surface area contributed by atoms with Crippen LogP contribution in [0.3, 0.4) is 0 Å². The largest absolute Gasteiger partial charge is 0.378 e. The first-order valence-electron chi connectivity index (χ1n) is 8.55. The van der Waals surface area contributed by atoms with Crippen molar-refractivity contribution in [2.45, 2.75) is 13.8 Å². The van der Waals surface area contributed by atoms with Crippen LogP contribution in [0.5, 0.6) is 0 Å². The Morgan fingerprint density at radius 1 is 1.22 bits per heavy atom. The minimum atomic E-state index is -0.268. The molecule has 140 valence electrons. The fraction of sp³-hybridized carbons (Fsp3) is 0.300. The number of benzene rings is 1. The van der Waals surface area contributed by atoms with Crippen LogP contribution < -0.4 is 0 Å². The predicted molar refractivity (Wildman–Crippen MR) is 106 cm³/mol. The second kappa shape index (κ2) is 8.18. The molecule has 5 nitrogen and oxygen atoms in total. The molecule has 0 atom stereocenters. The third-order valence-corrected chi connectivity index (χ3v) is 5.11. The van der Waals surface area contributed by atoms with Crippen LogP contribution in [-0.4, -0.2) is 41.7 Å². The number of aromatic nitrogens is 1. The fourth-order valence-electron chi connectivity index (χ4n) is 3.20. The molecule has 2 heterocycles. The number of nitriles is 1. The number of hydrogen-bond acceptors (Lipinski definition) is 3. The highest BCUT2D eigenvalue weighted by molar-refractivity contribution is 6.35. The first-order valence-corrected chi connectivity index (χ1v) is 9.31. The van der Waals surface area contributed by atoms with Crippen molar-refractivity contribution in [2.75, 3.05) is 26.3 Å². The number of hydrogen-bond donors (Lipinski definition) is 0. The summed E-state index contributed by atoms with van der Waals surface area (Å²) in [4.78, 5) is 14.3. The van der Waals surface area contributed by atoms with Gasteiger partial charge in [-0.15, -0.1) is 0 Å². The molecule has 1 aromatic heterocycles. The molecule has 1 aromatic carbocycles. The molecule has 0 bridgehead atoms. The zero-order valence-corrected chi connectivity index (χ0v) is 16.6. The summed E-state index contributed by atoms with van der Waals surface area (Å²) >= 11 is 12.4. The van der Waals surface area contributed by atoms with Crippen LogP contribution in [0.1, 0.15) is 17.0 Å². The lowest BCUT2D eigenvalue weighted by atomic mass is 10.1. The normalized spacial score (nSPS) is 14.9. The molecule has 1 aliphatic rings. The molecule has 7 heteroatoms. The number of ether oxygens (including phenoxy) is 1. The van der Waals surface area contributed by atoms with Gasteiger partial charge in [0.25, 0.3) is 5.91 Å². The van der Waals surface area contributed by atoms with Gasteiger partial charge >= 0.3 is 0 Å². The molecule has 0 saturated carbocycles. The average Bonchev–Trinajstić information content (AvgIpc) is 2.93. The van der Waals surface area contributed by atoms with E-state index in [2.05, 4.69) is 0 Å². The number of carbonyl (C=O) groups excluding carboxylic acids is 1. The number of halogens is 2. The van der Waals surface area contributed by atoms with Crippen molar-refractivity contribution in [1.29, 1.82) is 5.26 Å². The first-order chi connectivity index (χ1) is 12.9. The number of rotatable bonds is 3. The number of nitrogens with zero attached hydrogens (tertiary/aromatic N) is 3. The van der Waals surface area contributed by atoms with Crippen molar-refractivity contribution in [3.8, 4) is 11.8 Å². The molecule has 0 radical (unpaired) electrons. The van der Waals surface area contributed by atoms with Gasteiger partial charge in [0.15, 0.2) is 0 Å². The predicted octanol–water partition coefficient (Wildman–Crippen LogP) is 4.17. The SMILES string of the molecule is Cc1cc(/C=C(\C#N)C(=O)N2CCOCC2)c(C)n1-c1ccc(Cl)cc1Cl. The second-order valence-electron chi connectivity index (χ2n) is 6.33. The maximum atomic E-state index is 12.6. The minimum absolute atomic E-state index is 0.111. The molecule has 1 aliphatic heterocycles. The van der Waals surface area contributed by atoms with Crippen molar-refractivity contribution >= 4 is 35.2 Å². The van der Waals surface area contributed by atoms with Gasteiger partial charge in [0.2, 0.25) is 0 Å². The monoisotopic (exact) mass is 403 g/mol. The van der Waals surface area contributed by atoms with Gasteiger partial charge in [0.05, 0.1) is 23.9 Å². The summed E-state index contributed by atoms with van der Waals surface area (Å²) in [5.41, 5.74) is 3.54. The van der Waals surface area contributed by atoms with Crippen molar-refractivity contribution in [2.24, 2.45) is 0 Å². The van der Waals surface area contributed by atoms with Gasteiger partial charge in [-0.25, -0.2) is 0 Å². The minimum Gasteiger partial charge on any atom is -0.378 e. The summed E-state index contributed by atoms with van der Waals surface area (Å²) < 4.78 is 7.25. The lowest BCUT2D eigenvalue weighted by molar-refractivity contribution is -0.130. The Hall–Kier alpha value is -2.26. The highest BCUT2D eigenvalue weighted by Gasteiger charge is 2.21. The lowest BCUT2D eigenvalue weighted by Gasteiger charge is -2.26. The van der Waals surface area contributed by atoms with Crippen molar-refractivity contribution < 1.29 is 9.53 Å². The maximum absolute atomic E-state index is 12.6. The maximum Gasteiger partial charge on any atom is 0.264 e. The van der Waals surface area contributed by atoms with Gasteiger partial charge < -0.3 is 14.2 Å². The molecular weight excluding hydrogens is 385 g/mol. The Labute approximate surface area is 168 Å². The molecular formula is C20H19Cl2N3O2. The lowest BCUT2D eigenvalue weighted by Crippen LogP contribution is -2.41. The molecule has 3 rings (SSSR count). The Balaban J connectivity index is 1.98. The third kappa shape index (κ3) is 4.03. The van der Waals surface area contributed by atoms with Gasteiger partial charge in [-0.3, -0.25) is 4.79 Å². The summed E-state index contributed by atoms with van der Waals surface area (Å²) in [6.45, 7) is 5.86. The Kier molecular flexibility index (Phi) is 5.91. The smallest absolute Gasteiger partial charge is 0.264 e. The zero-order valence-electron chi connectivity index (χ0n) is 15.1. The van der Waals surface area contributed by atoms with E-state index in [1.54, 1.807) is 23.1 Å². The highest BCUT2D eigenvalue weighted by atomic mass is 35.5. The van der Waals surface area contributed by atoms with E-state index in [4.69, 9.17) is 27.9 Å². The van der Waals surface area contributed by atoms with Crippen LogP contribution in [0.25, 0.3) is 11.8 Å². The van der Waals surface area contributed by atoms with E-state index < -0.39 is 0 Å². The molecule has 27 heavy (non-hydrogen) atoms. The average molecular weight is 404 g/mol. The molecule has 1 amide bonds. The van der Waals surface area contributed by atoms with E-state index in [9.17, 15) is 10.1 Å². The zero-order chi connectivity index (χ0) is 19.6. The number of amides is 1. The van der Waals surface area contributed by atoms with Crippen LogP contribution in [-0.2, 0) is 9.53 Å². The summed E-state index contributed by atoms with van der Waals surface area (Å²) in [5.74, 6) is -0.268. The number of morpholine rings is 1. The number of carbonyl (C=O) groups is 1. The van der Waals surface area contributed by atoms with E-state index in [1.165, 1.54) is 0 Å². The highest BCUT2D eigenvalue weighted by Crippen LogP contribution is 2.29. The van der Waals surface area contributed by atoms with Gasteiger partial charge in [0, 0.05) is 29.5 Å². The topological polar surface area (TPSA) is 58.3 Å². The van der Waals surface area contributed by atoms with Crippen molar-refractivity contribution in [3.63, 3.8) is 0 Å². The van der Waals surface area contributed by atoms with Gasteiger partial charge in [0.1, 0.15) is 11.6 Å². The standard InChI is InChI=1S/C20H19Cl2N3O2/c1-13-9-15(10-16(12-23)20(26)24-5-7-27-8-6-24)14(2)25(13)19-4-3-17(21)11-18(19)22/h3-4,9-11H,5-8H2,1-2H3/b16-10+. The van der Waals surface area contributed by atoms with Gasteiger partial charge in [-0.05, 0) is 49.8 Å². The molecule has 0 N–H and O–H groups in total. The van der Waals surface area contributed by atoms with Crippen LogP contribution in [0, 0.1) is 25.2 Å². The van der Waals surface area contributed by atoms with Crippen LogP contribution in [0.4, 0.5) is 0 Å². The Bertz CT molecular complexity index is 951. The summed E-state index contributed by atoms with van der Waals surface area (Å²) in [6.07, 6.45) is 1.64.